The first kappa shape index (κ1) is 7.78. The van der Waals surface area contributed by atoms with E-state index in [1.807, 2.05) is 26.0 Å². The maximum atomic E-state index is 10.1. The molecule has 1 heterocycles. The summed E-state index contributed by atoms with van der Waals surface area (Å²) in [5.74, 6) is 0. The van der Waals surface area contributed by atoms with Gasteiger partial charge in [0.1, 0.15) is 0 Å². The molecule has 0 unspecified atom stereocenters. The number of nitroso groups, excluding NO2 is 1. The van der Waals surface area contributed by atoms with Gasteiger partial charge in [0, 0.05) is 0 Å². The van der Waals surface area contributed by atoms with Crippen LogP contribution in [0.15, 0.2) is 28.8 Å². The van der Waals surface area contributed by atoms with Gasteiger partial charge >= 0.3 is 0 Å². The zero-order chi connectivity index (χ0) is 8.43. The molecule has 60 valence electrons. The van der Waals surface area contributed by atoms with Gasteiger partial charge in [-0.1, -0.05) is 12.2 Å². The highest BCUT2D eigenvalue weighted by molar-refractivity contribution is 5.44. The Morgan fingerprint density at radius 2 is 1.82 bits per heavy atom. The SMILES string of the molecule is C/C=C1\C(=C/C)N1N(C)N=O. The molecule has 0 amide bonds. The molecule has 1 aliphatic rings. The van der Waals surface area contributed by atoms with Gasteiger partial charge in [-0.15, -0.1) is 4.91 Å². The van der Waals surface area contributed by atoms with E-state index in [0.29, 0.717) is 0 Å². The molecule has 0 saturated carbocycles. The fraction of sp³-hybridized carbons (Fsp3) is 0.429. The lowest BCUT2D eigenvalue weighted by Gasteiger charge is -2.06. The zero-order valence-electron chi connectivity index (χ0n) is 6.90. The van der Waals surface area contributed by atoms with Crippen molar-refractivity contribution in [3.8, 4) is 0 Å². The van der Waals surface area contributed by atoms with Crippen molar-refractivity contribution in [3.63, 3.8) is 0 Å². The summed E-state index contributed by atoms with van der Waals surface area (Å²) >= 11 is 0. The second-order valence-corrected chi connectivity index (χ2v) is 2.23. The van der Waals surface area contributed by atoms with Crippen molar-refractivity contribution in [2.75, 3.05) is 7.05 Å². The normalized spacial score (nSPS) is 22.6. The van der Waals surface area contributed by atoms with Gasteiger partial charge in [0.2, 0.25) is 0 Å². The topological polar surface area (TPSA) is 35.7 Å². The molecule has 0 bridgehead atoms. The van der Waals surface area contributed by atoms with Crippen LogP contribution in [0.3, 0.4) is 0 Å². The Morgan fingerprint density at radius 3 is 2.09 bits per heavy atom. The van der Waals surface area contributed by atoms with E-state index in [9.17, 15) is 4.91 Å². The van der Waals surface area contributed by atoms with E-state index in [4.69, 9.17) is 0 Å². The Balaban J connectivity index is 2.73. The van der Waals surface area contributed by atoms with Crippen molar-refractivity contribution in [2.24, 2.45) is 5.29 Å². The molecule has 0 N–H and O–H groups in total. The highest BCUT2D eigenvalue weighted by Gasteiger charge is 2.36. The van der Waals surface area contributed by atoms with Crippen molar-refractivity contribution in [1.82, 2.24) is 10.1 Å². The van der Waals surface area contributed by atoms with E-state index in [-0.39, 0.29) is 0 Å². The van der Waals surface area contributed by atoms with Gasteiger partial charge in [0.25, 0.3) is 0 Å². The molecule has 1 saturated heterocycles. The third-order valence-electron chi connectivity index (χ3n) is 1.62. The van der Waals surface area contributed by atoms with Crippen molar-refractivity contribution in [3.05, 3.63) is 28.5 Å². The summed E-state index contributed by atoms with van der Waals surface area (Å²) in [6.45, 7) is 3.86. The molecule has 11 heavy (non-hydrogen) atoms. The maximum absolute atomic E-state index is 10.1. The first-order valence-electron chi connectivity index (χ1n) is 3.46. The molecule has 0 aromatic rings. The first-order chi connectivity index (χ1) is 5.26. The number of nitrogens with zero attached hydrogens (tertiary/aromatic N) is 3. The van der Waals surface area contributed by atoms with Crippen molar-refractivity contribution >= 4 is 0 Å². The lowest BCUT2D eigenvalue weighted by atomic mass is 10.5. The molecule has 0 aliphatic carbocycles. The number of rotatable bonds is 2. The Labute approximate surface area is 65.7 Å². The van der Waals surface area contributed by atoms with Crippen LogP contribution in [0, 0.1) is 4.91 Å². The van der Waals surface area contributed by atoms with Gasteiger partial charge in [0.05, 0.1) is 23.7 Å². The molecule has 1 aliphatic heterocycles. The molecule has 0 aromatic heterocycles. The second kappa shape index (κ2) is 2.74. The fourth-order valence-corrected chi connectivity index (χ4v) is 1.07. The van der Waals surface area contributed by atoms with Crippen molar-refractivity contribution in [2.45, 2.75) is 13.8 Å². The van der Waals surface area contributed by atoms with Crippen molar-refractivity contribution < 1.29 is 0 Å². The molecule has 0 radical (unpaired) electrons. The summed E-state index contributed by atoms with van der Waals surface area (Å²) in [6.07, 6.45) is 3.88. The minimum absolute atomic E-state index is 1.05. The van der Waals surface area contributed by atoms with Crippen LogP contribution in [0.2, 0.25) is 0 Å². The highest BCUT2D eigenvalue weighted by atomic mass is 16.3. The zero-order valence-corrected chi connectivity index (χ0v) is 6.90. The third kappa shape index (κ3) is 1.11. The number of hydrogen-bond donors (Lipinski definition) is 0. The summed E-state index contributed by atoms with van der Waals surface area (Å²) in [7, 11) is 1.62. The number of allylic oxidation sites excluding steroid dienone is 2. The van der Waals surface area contributed by atoms with Gasteiger partial charge in [-0.3, -0.25) is 0 Å². The van der Waals surface area contributed by atoms with E-state index in [1.165, 1.54) is 5.12 Å². The summed E-state index contributed by atoms with van der Waals surface area (Å²) in [4.78, 5) is 10.1. The Kier molecular flexibility index (Phi) is 1.94. The highest BCUT2D eigenvalue weighted by Crippen LogP contribution is 2.38. The number of hydrazine groups is 1. The lowest BCUT2D eigenvalue weighted by Crippen LogP contribution is -2.15. The average molecular weight is 153 g/mol. The van der Waals surface area contributed by atoms with Crippen LogP contribution < -0.4 is 0 Å². The van der Waals surface area contributed by atoms with Crippen LogP contribution in [0.25, 0.3) is 0 Å². The van der Waals surface area contributed by atoms with E-state index < -0.39 is 0 Å². The van der Waals surface area contributed by atoms with E-state index >= 15 is 0 Å². The van der Waals surface area contributed by atoms with Crippen LogP contribution in [0.1, 0.15) is 13.8 Å². The summed E-state index contributed by atoms with van der Waals surface area (Å²) < 4.78 is 0. The molecule has 0 atom stereocenters. The predicted octanol–water partition coefficient (Wildman–Crippen LogP) is 1.64. The Hall–Kier alpha value is -1.32. The molecule has 4 nitrogen and oxygen atoms in total. The summed E-state index contributed by atoms with van der Waals surface area (Å²) in [6, 6.07) is 0. The molecule has 0 aromatic carbocycles. The van der Waals surface area contributed by atoms with Crippen molar-refractivity contribution in [1.29, 1.82) is 0 Å². The summed E-state index contributed by atoms with van der Waals surface area (Å²) in [5, 5.41) is 5.79. The van der Waals surface area contributed by atoms with Crippen LogP contribution in [-0.2, 0) is 0 Å². The van der Waals surface area contributed by atoms with Crippen LogP contribution >= 0.6 is 0 Å². The summed E-state index contributed by atoms with van der Waals surface area (Å²) in [5.41, 5.74) is 2.10. The van der Waals surface area contributed by atoms with Crippen LogP contribution in [0.4, 0.5) is 0 Å². The molecule has 4 heteroatoms. The molecule has 1 fully saturated rings. The smallest absolute Gasteiger partial charge is 0.0861 e. The molecular weight excluding hydrogens is 142 g/mol. The van der Waals surface area contributed by atoms with Gasteiger partial charge in [0.15, 0.2) is 0 Å². The minimum atomic E-state index is 1.05. The molecular formula is C7H11N3O. The van der Waals surface area contributed by atoms with Gasteiger partial charge < -0.3 is 0 Å². The second-order valence-electron chi connectivity index (χ2n) is 2.23. The predicted molar refractivity (Wildman–Crippen MR) is 42.9 cm³/mol. The van der Waals surface area contributed by atoms with Gasteiger partial charge in [-0.05, 0) is 13.8 Å². The quantitative estimate of drug-likeness (QED) is 0.343. The Morgan fingerprint density at radius 1 is 1.36 bits per heavy atom. The lowest BCUT2D eigenvalue weighted by molar-refractivity contribution is 0.155. The van der Waals surface area contributed by atoms with E-state index in [1.54, 1.807) is 12.1 Å². The van der Waals surface area contributed by atoms with Crippen LogP contribution in [0.5, 0.6) is 0 Å². The van der Waals surface area contributed by atoms with Gasteiger partial charge in [-0.2, -0.15) is 5.12 Å². The average Bonchev–Trinajstić information content (AvgIpc) is 2.76. The van der Waals surface area contributed by atoms with Crippen LogP contribution in [-0.4, -0.2) is 17.2 Å². The third-order valence-corrected chi connectivity index (χ3v) is 1.62. The standard InChI is InChI=1S/C7H11N3O/c1-4-6-7(5-2)10(6)9(3)8-11/h4-5H,1-3H3/b6-4+,7-5+. The maximum Gasteiger partial charge on any atom is 0.0861 e. The van der Waals surface area contributed by atoms with E-state index in [2.05, 4.69) is 5.29 Å². The number of hydrogen-bond acceptors (Lipinski definition) is 3. The molecule has 0 spiro atoms. The monoisotopic (exact) mass is 153 g/mol. The fourth-order valence-electron chi connectivity index (χ4n) is 1.07. The minimum Gasteiger partial charge on any atom is -0.232 e. The van der Waals surface area contributed by atoms with Gasteiger partial charge in [-0.25, -0.2) is 5.01 Å². The Bertz CT molecular complexity index is 214. The largest absolute Gasteiger partial charge is 0.232 e. The molecule has 1 rings (SSSR count). The van der Waals surface area contributed by atoms with E-state index in [0.717, 1.165) is 11.4 Å². The first-order valence-corrected chi connectivity index (χ1v) is 3.46.